The second kappa shape index (κ2) is 11.8. The lowest BCUT2D eigenvalue weighted by atomic mass is 9.92. The number of rotatable bonds is 10. The Hall–Kier alpha value is -2.86. The average Bonchev–Trinajstić information content (AvgIpc) is 2.88. The molecule has 1 saturated heterocycles. The van der Waals surface area contributed by atoms with Crippen molar-refractivity contribution in [3.8, 4) is 5.75 Å². The molecule has 3 aromatic carbocycles. The maximum atomic E-state index is 10.6. The topological polar surface area (TPSA) is 45.2 Å². The van der Waals surface area contributed by atoms with Crippen LogP contribution in [0.1, 0.15) is 17.0 Å². The summed E-state index contributed by atoms with van der Waals surface area (Å²) in [6.45, 7) is 5.29. The van der Waals surface area contributed by atoms with Crippen LogP contribution in [0.2, 0.25) is 0 Å². The van der Waals surface area contributed by atoms with Crippen molar-refractivity contribution in [3.63, 3.8) is 0 Å². The van der Waals surface area contributed by atoms with Gasteiger partial charge < -0.3 is 19.5 Å². The molecule has 0 radical (unpaired) electrons. The van der Waals surface area contributed by atoms with Gasteiger partial charge >= 0.3 is 0 Å². The maximum absolute atomic E-state index is 10.6. The normalized spacial score (nSPS) is 15.5. The number of ether oxygens (including phenoxy) is 2. The summed E-state index contributed by atoms with van der Waals surface area (Å²) in [5, 5.41) is 10.6. The van der Waals surface area contributed by atoms with Crippen molar-refractivity contribution in [2.24, 2.45) is 0 Å². The molecule has 0 spiro atoms. The van der Waals surface area contributed by atoms with E-state index < -0.39 is 6.10 Å². The van der Waals surface area contributed by atoms with Gasteiger partial charge in [0, 0.05) is 44.3 Å². The molecule has 1 N–H and O–H groups in total. The number of anilines is 1. The summed E-state index contributed by atoms with van der Waals surface area (Å²) in [6.07, 6.45) is -0.496. The standard InChI is InChI=1S/C28H34N2O3/c1-32-27-14-12-25(13-15-27)30-18-16-29(17-19-30)20-26(31)21-33-22-28(23-8-4-2-5-9-23)24-10-6-3-7-11-24/h2-15,26,28,31H,16-22H2,1H3/t26-/m1/s1. The molecule has 5 heteroatoms. The van der Waals surface area contributed by atoms with Gasteiger partial charge in [-0.2, -0.15) is 0 Å². The molecule has 0 bridgehead atoms. The molecule has 0 amide bonds. The molecular formula is C28H34N2O3. The summed E-state index contributed by atoms with van der Waals surface area (Å²) in [4.78, 5) is 4.70. The van der Waals surface area contributed by atoms with Crippen molar-refractivity contribution in [1.82, 2.24) is 4.90 Å². The van der Waals surface area contributed by atoms with Crippen LogP contribution >= 0.6 is 0 Å². The molecule has 0 aliphatic carbocycles. The SMILES string of the molecule is COc1ccc(N2CCN(C[C@@H](O)COCC(c3ccccc3)c3ccccc3)CC2)cc1. The van der Waals surface area contributed by atoms with Crippen molar-refractivity contribution in [3.05, 3.63) is 96.1 Å². The zero-order valence-electron chi connectivity index (χ0n) is 19.3. The largest absolute Gasteiger partial charge is 0.497 e. The van der Waals surface area contributed by atoms with Crippen LogP contribution in [-0.4, -0.2) is 69.2 Å². The van der Waals surface area contributed by atoms with Crippen molar-refractivity contribution in [1.29, 1.82) is 0 Å². The van der Waals surface area contributed by atoms with Crippen molar-refractivity contribution in [2.45, 2.75) is 12.0 Å². The number of β-amino-alcohol motifs (C(OH)–C–C–N with tert-alkyl or cyclic N) is 1. The minimum Gasteiger partial charge on any atom is -0.497 e. The fourth-order valence-corrected chi connectivity index (χ4v) is 4.41. The van der Waals surface area contributed by atoms with Crippen LogP contribution in [0.5, 0.6) is 5.75 Å². The third-order valence-electron chi connectivity index (χ3n) is 6.28. The number of benzene rings is 3. The lowest BCUT2D eigenvalue weighted by Crippen LogP contribution is -2.49. The zero-order chi connectivity index (χ0) is 22.9. The number of aliphatic hydroxyl groups is 1. The Labute approximate surface area is 197 Å². The molecule has 0 saturated carbocycles. The molecule has 0 aromatic heterocycles. The molecule has 1 aliphatic rings. The summed E-state index contributed by atoms with van der Waals surface area (Å²) in [5.74, 6) is 1.04. The van der Waals surface area contributed by atoms with E-state index in [0.29, 0.717) is 19.8 Å². The lowest BCUT2D eigenvalue weighted by molar-refractivity contribution is 0.0136. The molecular weight excluding hydrogens is 412 g/mol. The number of piperazine rings is 1. The number of aliphatic hydroxyl groups excluding tert-OH is 1. The van der Waals surface area contributed by atoms with E-state index in [1.807, 2.05) is 24.3 Å². The van der Waals surface area contributed by atoms with Gasteiger partial charge in [0.25, 0.3) is 0 Å². The van der Waals surface area contributed by atoms with Crippen LogP contribution in [-0.2, 0) is 4.74 Å². The van der Waals surface area contributed by atoms with Gasteiger partial charge in [0.1, 0.15) is 5.75 Å². The predicted molar refractivity (Wildman–Crippen MR) is 133 cm³/mol. The maximum Gasteiger partial charge on any atom is 0.119 e. The van der Waals surface area contributed by atoms with E-state index >= 15 is 0 Å². The average molecular weight is 447 g/mol. The number of hydrogen-bond acceptors (Lipinski definition) is 5. The monoisotopic (exact) mass is 446 g/mol. The Morgan fingerprint density at radius 2 is 1.33 bits per heavy atom. The fourth-order valence-electron chi connectivity index (χ4n) is 4.41. The predicted octanol–water partition coefficient (Wildman–Crippen LogP) is 4.03. The molecule has 1 atom stereocenters. The molecule has 1 aliphatic heterocycles. The van der Waals surface area contributed by atoms with Gasteiger partial charge in [-0.05, 0) is 35.4 Å². The van der Waals surface area contributed by atoms with Crippen molar-refractivity contribution < 1.29 is 14.6 Å². The van der Waals surface area contributed by atoms with E-state index in [0.717, 1.165) is 31.9 Å². The quantitative estimate of drug-likeness (QED) is 0.510. The zero-order valence-corrected chi connectivity index (χ0v) is 19.3. The highest BCUT2D eigenvalue weighted by Crippen LogP contribution is 2.25. The highest BCUT2D eigenvalue weighted by Gasteiger charge is 2.20. The van der Waals surface area contributed by atoms with Crippen LogP contribution in [0.15, 0.2) is 84.9 Å². The highest BCUT2D eigenvalue weighted by molar-refractivity contribution is 5.49. The molecule has 3 aromatic rings. The van der Waals surface area contributed by atoms with Gasteiger partial charge in [0.05, 0.1) is 26.4 Å². The molecule has 4 rings (SSSR count). The molecule has 0 unspecified atom stereocenters. The van der Waals surface area contributed by atoms with Gasteiger partial charge in [0.15, 0.2) is 0 Å². The molecule has 33 heavy (non-hydrogen) atoms. The Morgan fingerprint density at radius 1 is 0.758 bits per heavy atom. The van der Waals surface area contributed by atoms with Crippen LogP contribution < -0.4 is 9.64 Å². The first-order valence-electron chi connectivity index (χ1n) is 11.7. The second-order valence-electron chi connectivity index (χ2n) is 8.55. The summed E-state index contributed by atoms with van der Waals surface area (Å²) in [7, 11) is 1.69. The highest BCUT2D eigenvalue weighted by atomic mass is 16.5. The van der Waals surface area contributed by atoms with Crippen LogP contribution in [0.25, 0.3) is 0 Å². The third kappa shape index (κ3) is 6.57. The molecule has 1 heterocycles. The van der Waals surface area contributed by atoms with Crippen molar-refractivity contribution >= 4 is 5.69 Å². The third-order valence-corrected chi connectivity index (χ3v) is 6.28. The first kappa shape index (κ1) is 23.3. The van der Waals surface area contributed by atoms with Gasteiger partial charge in [-0.15, -0.1) is 0 Å². The van der Waals surface area contributed by atoms with Crippen LogP contribution in [0, 0.1) is 0 Å². The van der Waals surface area contributed by atoms with E-state index in [4.69, 9.17) is 9.47 Å². The Bertz CT molecular complexity index is 902. The van der Waals surface area contributed by atoms with E-state index in [2.05, 4.69) is 70.5 Å². The summed E-state index contributed by atoms with van der Waals surface area (Å²) < 4.78 is 11.3. The molecule has 5 nitrogen and oxygen atoms in total. The van der Waals surface area contributed by atoms with Gasteiger partial charge in [-0.25, -0.2) is 0 Å². The number of nitrogens with zero attached hydrogens (tertiary/aromatic N) is 2. The Balaban J connectivity index is 1.23. The van der Waals surface area contributed by atoms with Gasteiger partial charge in [-0.3, -0.25) is 4.90 Å². The summed E-state index contributed by atoms with van der Waals surface area (Å²) >= 11 is 0. The smallest absolute Gasteiger partial charge is 0.119 e. The Kier molecular flexibility index (Phi) is 8.36. The summed E-state index contributed by atoms with van der Waals surface area (Å²) in [5.41, 5.74) is 3.67. The van der Waals surface area contributed by atoms with E-state index in [1.165, 1.54) is 16.8 Å². The molecule has 1 fully saturated rings. The number of hydrogen-bond donors (Lipinski definition) is 1. The molecule has 174 valence electrons. The first-order chi connectivity index (χ1) is 16.2. The van der Waals surface area contributed by atoms with E-state index in [-0.39, 0.29) is 5.92 Å². The minimum atomic E-state index is -0.496. The second-order valence-corrected chi connectivity index (χ2v) is 8.55. The van der Waals surface area contributed by atoms with Crippen LogP contribution in [0.4, 0.5) is 5.69 Å². The first-order valence-corrected chi connectivity index (χ1v) is 11.7. The summed E-state index contributed by atoms with van der Waals surface area (Å²) in [6, 6.07) is 29.1. The van der Waals surface area contributed by atoms with Crippen molar-refractivity contribution in [2.75, 3.05) is 57.9 Å². The minimum absolute atomic E-state index is 0.160. The van der Waals surface area contributed by atoms with Gasteiger partial charge in [-0.1, -0.05) is 60.7 Å². The number of methoxy groups -OCH3 is 1. The Morgan fingerprint density at radius 3 is 1.88 bits per heavy atom. The van der Waals surface area contributed by atoms with E-state index in [9.17, 15) is 5.11 Å². The van der Waals surface area contributed by atoms with Gasteiger partial charge in [0.2, 0.25) is 0 Å². The fraction of sp³-hybridized carbons (Fsp3) is 0.357. The van der Waals surface area contributed by atoms with Crippen LogP contribution in [0.3, 0.4) is 0 Å². The van der Waals surface area contributed by atoms with E-state index in [1.54, 1.807) is 7.11 Å². The lowest BCUT2D eigenvalue weighted by Gasteiger charge is -2.37.